The van der Waals surface area contributed by atoms with Gasteiger partial charge in [0.1, 0.15) is 5.75 Å². The summed E-state index contributed by atoms with van der Waals surface area (Å²) in [5.41, 5.74) is 7.21. The maximum Gasteiger partial charge on any atom is 0.455 e. The van der Waals surface area contributed by atoms with Crippen molar-refractivity contribution in [1.29, 1.82) is 0 Å². The highest BCUT2D eigenvalue weighted by atomic mass is 16.5. The number of imide groups is 1. The van der Waals surface area contributed by atoms with E-state index in [1.54, 1.807) is 12.3 Å². The Balaban J connectivity index is 1.06. The number of carbonyl (C=O) groups excluding carboxylic acids is 2. The van der Waals surface area contributed by atoms with Crippen LogP contribution in [0.3, 0.4) is 0 Å². The number of anilines is 3. The number of hydrogen-bond donors (Lipinski definition) is 3. The number of phenolic OH excluding ortho intramolecular Hbond substituents is 1. The summed E-state index contributed by atoms with van der Waals surface area (Å²) in [6.45, 7) is 2.04. The molecule has 5 aromatic rings. The molecule has 8 rings (SSSR count). The maximum absolute atomic E-state index is 14.2. The van der Waals surface area contributed by atoms with Gasteiger partial charge < -0.3 is 20.1 Å². The number of allylic oxidation sites excluding steroid dienone is 2. The highest BCUT2D eigenvalue weighted by Gasteiger charge is 2.57. The fourth-order valence-electron chi connectivity index (χ4n) is 8.29. The molecule has 8 nitrogen and oxygen atoms in total. The summed E-state index contributed by atoms with van der Waals surface area (Å²) in [5, 5.41) is 26.6. The molecule has 4 atom stereocenters. The van der Waals surface area contributed by atoms with E-state index >= 15 is 0 Å². The van der Waals surface area contributed by atoms with E-state index in [0.717, 1.165) is 50.1 Å². The highest BCUT2D eigenvalue weighted by Crippen LogP contribution is 2.51. The lowest BCUT2D eigenvalue weighted by Gasteiger charge is -2.42. The van der Waals surface area contributed by atoms with Crippen LogP contribution in [0.5, 0.6) is 5.75 Å². The first kappa shape index (κ1) is 32.7. The fraction of sp³-hybridized carbons (Fsp3) is 0.214. The SMILES string of the molecule is CC1=C2[C@@H](CC/C(=C/c3ccc(O)c4ccccc34)c3ccccn3)OB(O)C[C@@H]2[C@@H]2C(=O)N(c3ccc(Nc4ccccc4)cc3)C(=O)[C@@H]2C1. The molecule has 3 aliphatic rings. The summed E-state index contributed by atoms with van der Waals surface area (Å²) in [5.74, 6) is -1.52. The summed E-state index contributed by atoms with van der Waals surface area (Å²) >= 11 is 0. The minimum atomic E-state index is -1.06. The minimum Gasteiger partial charge on any atom is -0.507 e. The van der Waals surface area contributed by atoms with Crippen LogP contribution in [-0.4, -0.2) is 40.2 Å². The molecular weight excluding hydrogens is 637 g/mol. The van der Waals surface area contributed by atoms with Gasteiger partial charge in [-0.25, -0.2) is 0 Å². The molecule has 4 aromatic carbocycles. The third-order valence-corrected chi connectivity index (χ3v) is 10.6. The molecule has 3 heterocycles. The Morgan fingerprint density at radius 1 is 0.882 bits per heavy atom. The number of fused-ring (bicyclic) bond motifs is 4. The van der Waals surface area contributed by atoms with Crippen molar-refractivity contribution in [2.45, 2.75) is 38.6 Å². The summed E-state index contributed by atoms with van der Waals surface area (Å²) in [7, 11) is -1.06. The second kappa shape index (κ2) is 13.7. The van der Waals surface area contributed by atoms with Gasteiger partial charge in [-0.3, -0.25) is 19.5 Å². The predicted octanol–water partition coefficient (Wildman–Crippen LogP) is 8.03. The third kappa shape index (κ3) is 6.24. The molecule has 3 N–H and O–H groups in total. The fourth-order valence-corrected chi connectivity index (χ4v) is 8.29. The average Bonchev–Trinajstić information content (AvgIpc) is 3.40. The van der Waals surface area contributed by atoms with E-state index in [-0.39, 0.29) is 29.8 Å². The Bertz CT molecular complexity index is 2170. The number of benzene rings is 4. The Hall–Kier alpha value is -5.51. The standard InChI is InChI=1S/C42H38BN3O5/c1-26-23-34-40(42(49)46(41(34)48)31-18-16-30(17-19-31)45-29-9-3-2-4-10-29)35-25-43(50)51-38(39(26)35)21-15-28(36-13-7-8-22-44-36)24-27-14-20-37(47)33-12-6-5-11-32(27)33/h2-14,16-20,22,24,34-35,38,40,45,47,50H,15,21,23,25H2,1H3/b28-24-/t34-,35+,38-,40-/m1/s1. The van der Waals surface area contributed by atoms with Crippen LogP contribution in [-0.2, 0) is 14.2 Å². The van der Waals surface area contributed by atoms with E-state index in [0.29, 0.717) is 24.9 Å². The van der Waals surface area contributed by atoms with Crippen molar-refractivity contribution < 1.29 is 24.4 Å². The number of carbonyl (C=O) groups is 2. The van der Waals surface area contributed by atoms with Gasteiger partial charge in [-0.1, -0.05) is 60.2 Å². The van der Waals surface area contributed by atoms with Gasteiger partial charge in [0.05, 0.1) is 29.3 Å². The lowest BCUT2D eigenvalue weighted by Crippen LogP contribution is -2.46. The molecule has 0 bridgehead atoms. The molecular formula is C42H38BN3O5. The number of nitrogens with zero attached hydrogens (tertiary/aromatic N) is 2. The Morgan fingerprint density at radius 2 is 1.61 bits per heavy atom. The second-order valence-electron chi connectivity index (χ2n) is 13.7. The van der Waals surface area contributed by atoms with Crippen molar-refractivity contribution in [2.24, 2.45) is 17.8 Å². The molecule has 1 aliphatic carbocycles. The number of aromatic nitrogens is 1. The Labute approximate surface area is 297 Å². The van der Waals surface area contributed by atoms with Gasteiger partial charge in [-0.2, -0.15) is 0 Å². The number of amides is 2. The summed E-state index contributed by atoms with van der Waals surface area (Å²) in [6.07, 6.45) is 5.33. The van der Waals surface area contributed by atoms with E-state index < -0.39 is 25.1 Å². The maximum atomic E-state index is 14.2. The van der Waals surface area contributed by atoms with Crippen LogP contribution in [0.4, 0.5) is 17.1 Å². The first-order valence-corrected chi connectivity index (χ1v) is 17.5. The zero-order valence-corrected chi connectivity index (χ0v) is 28.3. The topological polar surface area (TPSA) is 112 Å². The van der Waals surface area contributed by atoms with Crippen LogP contribution in [0.25, 0.3) is 22.4 Å². The third-order valence-electron chi connectivity index (χ3n) is 10.6. The molecule has 0 saturated carbocycles. The van der Waals surface area contributed by atoms with E-state index in [2.05, 4.69) is 16.4 Å². The van der Waals surface area contributed by atoms with Crippen LogP contribution in [0, 0.1) is 17.8 Å². The Morgan fingerprint density at radius 3 is 2.37 bits per heavy atom. The van der Waals surface area contributed by atoms with Crippen LogP contribution < -0.4 is 10.2 Å². The van der Waals surface area contributed by atoms with Crippen molar-refractivity contribution in [1.82, 2.24) is 4.98 Å². The molecule has 0 radical (unpaired) electrons. The number of hydrogen-bond acceptors (Lipinski definition) is 7. The van der Waals surface area contributed by atoms with Gasteiger partial charge in [0.2, 0.25) is 11.8 Å². The molecule has 254 valence electrons. The quantitative estimate of drug-likeness (QED) is 0.0868. The lowest BCUT2D eigenvalue weighted by molar-refractivity contribution is -0.122. The van der Waals surface area contributed by atoms with Gasteiger partial charge >= 0.3 is 7.12 Å². The van der Waals surface area contributed by atoms with Gasteiger partial charge in [-0.15, -0.1) is 0 Å². The van der Waals surface area contributed by atoms with E-state index in [9.17, 15) is 19.7 Å². The largest absolute Gasteiger partial charge is 0.507 e. The van der Waals surface area contributed by atoms with Gasteiger partial charge in [-0.05, 0) is 121 Å². The molecule has 0 spiro atoms. The van der Waals surface area contributed by atoms with Crippen LogP contribution in [0.15, 0.2) is 127 Å². The monoisotopic (exact) mass is 675 g/mol. The molecule has 9 heteroatoms. The normalized spacial score (nSPS) is 22.0. The summed E-state index contributed by atoms with van der Waals surface area (Å²) in [4.78, 5) is 34.1. The number of aromatic hydroxyl groups is 1. The summed E-state index contributed by atoms with van der Waals surface area (Å²) < 4.78 is 6.23. The van der Waals surface area contributed by atoms with Crippen molar-refractivity contribution in [3.8, 4) is 5.75 Å². The molecule has 0 unspecified atom stereocenters. The van der Waals surface area contributed by atoms with Gasteiger partial charge in [0, 0.05) is 23.0 Å². The summed E-state index contributed by atoms with van der Waals surface area (Å²) in [6, 6.07) is 34.4. The lowest BCUT2D eigenvalue weighted by atomic mass is 9.58. The number of pyridine rings is 1. The smallest absolute Gasteiger partial charge is 0.455 e. The number of rotatable bonds is 8. The highest BCUT2D eigenvalue weighted by molar-refractivity contribution is 6.43. The van der Waals surface area contributed by atoms with Crippen molar-refractivity contribution >= 4 is 58.4 Å². The number of phenols is 1. The molecule has 51 heavy (non-hydrogen) atoms. The predicted molar refractivity (Wildman–Crippen MR) is 201 cm³/mol. The van der Waals surface area contributed by atoms with Crippen molar-refractivity contribution in [3.63, 3.8) is 0 Å². The molecule has 1 aromatic heterocycles. The molecule has 2 fully saturated rings. The van der Waals surface area contributed by atoms with E-state index in [1.165, 1.54) is 4.90 Å². The average molecular weight is 676 g/mol. The van der Waals surface area contributed by atoms with Gasteiger partial charge in [0.15, 0.2) is 0 Å². The van der Waals surface area contributed by atoms with Crippen LogP contribution >= 0.6 is 0 Å². The second-order valence-corrected chi connectivity index (χ2v) is 13.7. The molecule has 2 aliphatic heterocycles. The minimum absolute atomic E-state index is 0.189. The van der Waals surface area contributed by atoms with Crippen LogP contribution in [0.1, 0.15) is 37.4 Å². The first-order chi connectivity index (χ1) is 24.9. The molecule has 2 amide bonds. The van der Waals surface area contributed by atoms with Crippen molar-refractivity contribution in [2.75, 3.05) is 10.2 Å². The van der Waals surface area contributed by atoms with E-state index in [1.807, 2.05) is 110 Å². The number of nitrogens with one attached hydrogen (secondary N) is 1. The zero-order valence-electron chi connectivity index (χ0n) is 28.3. The molecule has 2 saturated heterocycles. The Kier molecular flexibility index (Phi) is 8.76. The van der Waals surface area contributed by atoms with Gasteiger partial charge in [0.25, 0.3) is 0 Å². The van der Waals surface area contributed by atoms with E-state index in [4.69, 9.17) is 4.65 Å². The van der Waals surface area contributed by atoms with Crippen molar-refractivity contribution in [3.05, 3.63) is 138 Å². The zero-order chi connectivity index (χ0) is 35.1. The first-order valence-electron chi connectivity index (χ1n) is 17.5. The number of para-hydroxylation sites is 1. The van der Waals surface area contributed by atoms with Crippen LogP contribution in [0.2, 0.25) is 6.32 Å².